The van der Waals surface area contributed by atoms with Gasteiger partial charge in [0.25, 0.3) is 5.91 Å². The van der Waals surface area contributed by atoms with Crippen LogP contribution in [-0.2, 0) is 6.54 Å². The monoisotopic (exact) mass is 423 g/mol. The Morgan fingerprint density at radius 2 is 1.87 bits per heavy atom. The van der Waals surface area contributed by atoms with Crippen LogP contribution in [0.3, 0.4) is 0 Å². The molecule has 3 heterocycles. The first-order valence-corrected chi connectivity index (χ1v) is 9.66. The summed E-state index contributed by atoms with van der Waals surface area (Å²) >= 11 is 0. The Morgan fingerprint density at radius 1 is 1.06 bits per heavy atom. The highest BCUT2D eigenvalue weighted by Gasteiger charge is 2.23. The third kappa shape index (κ3) is 4.32. The summed E-state index contributed by atoms with van der Waals surface area (Å²) < 4.78 is 29.3. The highest BCUT2D eigenvalue weighted by molar-refractivity contribution is 5.98. The molecule has 1 amide bonds. The van der Waals surface area contributed by atoms with Crippen molar-refractivity contribution in [2.45, 2.75) is 13.5 Å². The fraction of sp³-hybridized carbons (Fsp3) is 0.190. The van der Waals surface area contributed by atoms with Crippen LogP contribution in [-0.4, -0.2) is 53.7 Å². The predicted octanol–water partition coefficient (Wildman–Crippen LogP) is 2.97. The number of rotatable bonds is 7. The van der Waals surface area contributed by atoms with Crippen LogP contribution in [0, 0.1) is 11.6 Å². The fourth-order valence-electron chi connectivity index (χ4n) is 3.17. The molecule has 0 aliphatic carbocycles. The van der Waals surface area contributed by atoms with Gasteiger partial charge in [-0.15, -0.1) is 0 Å². The molecule has 0 bridgehead atoms. The SMILES string of the molecule is CCN(CCn1ccc(-c2ccc(F)cn2)n1)C(=O)c1c(F)cccc1-n1nccn1. The largest absolute Gasteiger partial charge is 0.337 e. The fourth-order valence-corrected chi connectivity index (χ4v) is 3.17. The third-order valence-electron chi connectivity index (χ3n) is 4.74. The van der Waals surface area contributed by atoms with Gasteiger partial charge in [-0.1, -0.05) is 6.07 Å². The number of carbonyl (C=O) groups excluding carboxylic acids is 1. The van der Waals surface area contributed by atoms with Crippen LogP contribution < -0.4 is 0 Å². The predicted molar refractivity (Wildman–Crippen MR) is 108 cm³/mol. The summed E-state index contributed by atoms with van der Waals surface area (Å²) in [7, 11) is 0. The molecular weight excluding hydrogens is 404 g/mol. The molecule has 4 rings (SSSR count). The maximum absolute atomic E-state index is 14.6. The van der Waals surface area contributed by atoms with Gasteiger partial charge in [-0.05, 0) is 37.3 Å². The van der Waals surface area contributed by atoms with E-state index in [9.17, 15) is 13.6 Å². The molecule has 0 spiro atoms. The molecule has 0 aliphatic heterocycles. The first-order chi connectivity index (χ1) is 15.1. The maximum atomic E-state index is 14.6. The summed E-state index contributed by atoms with van der Waals surface area (Å²) in [5.41, 5.74) is 1.33. The summed E-state index contributed by atoms with van der Waals surface area (Å²) in [5.74, 6) is -1.51. The Kier molecular flexibility index (Phi) is 5.78. The molecule has 0 unspecified atom stereocenters. The summed E-state index contributed by atoms with van der Waals surface area (Å²) in [6.07, 6.45) is 5.80. The molecule has 0 fully saturated rings. The second kappa shape index (κ2) is 8.82. The van der Waals surface area contributed by atoms with E-state index in [0.29, 0.717) is 31.0 Å². The molecule has 31 heavy (non-hydrogen) atoms. The molecule has 0 aliphatic rings. The number of nitrogens with zero attached hydrogens (tertiary/aromatic N) is 7. The van der Waals surface area contributed by atoms with E-state index in [1.807, 2.05) is 6.92 Å². The minimum Gasteiger partial charge on any atom is -0.337 e. The molecule has 158 valence electrons. The molecule has 0 N–H and O–H groups in total. The van der Waals surface area contributed by atoms with E-state index in [4.69, 9.17) is 0 Å². The Labute approximate surface area is 176 Å². The highest BCUT2D eigenvalue weighted by atomic mass is 19.1. The van der Waals surface area contributed by atoms with Crippen molar-refractivity contribution in [2.75, 3.05) is 13.1 Å². The van der Waals surface area contributed by atoms with E-state index >= 15 is 0 Å². The molecule has 0 saturated heterocycles. The topological polar surface area (TPSA) is 81.7 Å². The maximum Gasteiger partial charge on any atom is 0.259 e. The lowest BCUT2D eigenvalue weighted by Crippen LogP contribution is -2.35. The van der Waals surface area contributed by atoms with Gasteiger partial charge in [-0.2, -0.15) is 20.1 Å². The summed E-state index contributed by atoms with van der Waals surface area (Å²) in [6, 6.07) is 8.97. The molecule has 0 radical (unpaired) electrons. The zero-order chi connectivity index (χ0) is 21.8. The normalized spacial score (nSPS) is 10.9. The van der Waals surface area contributed by atoms with Gasteiger partial charge in [0, 0.05) is 19.3 Å². The van der Waals surface area contributed by atoms with Crippen LogP contribution in [0.2, 0.25) is 0 Å². The van der Waals surface area contributed by atoms with Gasteiger partial charge in [-0.3, -0.25) is 14.5 Å². The van der Waals surface area contributed by atoms with Gasteiger partial charge >= 0.3 is 0 Å². The zero-order valence-corrected chi connectivity index (χ0v) is 16.7. The number of benzene rings is 1. The van der Waals surface area contributed by atoms with Crippen molar-refractivity contribution in [2.24, 2.45) is 0 Å². The zero-order valence-electron chi connectivity index (χ0n) is 16.7. The Bertz CT molecular complexity index is 1170. The van der Waals surface area contributed by atoms with Crippen molar-refractivity contribution in [3.05, 3.63) is 78.4 Å². The van der Waals surface area contributed by atoms with Gasteiger partial charge in [-0.25, -0.2) is 8.78 Å². The number of hydrogen-bond donors (Lipinski definition) is 0. The third-order valence-corrected chi connectivity index (χ3v) is 4.74. The number of aromatic nitrogens is 6. The van der Waals surface area contributed by atoms with Crippen LogP contribution in [0.1, 0.15) is 17.3 Å². The Balaban J connectivity index is 1.51. The van der Waals surface area contributed by atoms with E-state index in [1.165, 1.54) is 40.3 Å². The molecule has 3 aromatic heterocycles. The summed E-state index contributed by atoms with van der Waals surface area (Å²) in [5, 5.41) is 12.4. The van der Waals surface area contributed by atoms with Crippen molar-refractivity contribution < 1.29 is 13.6 Å². The van der Waals surface area contributed by atoms with Crippen LogP contribution in [0.4, 0.5) is 8.78 Å². The van der Waals surface area contributed by atoms with Crippen molar-refractivity contribution in [1.82, 2.24) is 34.7 Å². The highest BCUT2D eigenvalue weighted by Crippen LogP contribution is 2.19. The van der Waals surface area contributed by atoms with Gasteiger partial charge in [0.15, 0.2) is 0 Å². The number of pyridine rings is 1. The van der Waals surface area contributed by atoms with Crippen LogP contribution in [0.5, 0.6) is 0 Å². The minimum atomic E-state index is -0.637. The minimum absolute atomic E-state index is 0.0859. The molecule has 8 nitrogen and oxygen atoms in total. The van der Waals surface area contributed by atoms with E-state index < -0.39 is 17.5 Å². The number of amides is 1. The Hall–Kier alpha value is -3.95. The average Bonchev–Trinajstić information content (AvgIpc) is 3.47. The van der Waals surface area contributed by atoms with E-state index in [2.05, 4.69) is 20.3 Å². The standard InChI is InChI=1S/C21H19F2N7O/c1-2-28(12-13-29-11-8-18(27-29)17-7-6-15(22)14-24-17)21(31)20-16(23)4-3-5-19(20)30-25-9-10-26-30/h3-11,14H,2,12-13H2,1H3. The molecular formula is C21H19F2N7O. The molecule has 0 atom stereocenters. The molecule has 0 saturated carbocycles. The van der Waals surface area contributed by atoms with Gasteiger partial charge < -0.3 is 4.90 Å². The van der Waals surface area contributed by atoms with Gasteiger partial charge in [0.05, 0.1) is 30.8 Å². The lowest BCUT2D eigenvalue weighted by Gasteiger charge is -2.22. The second-order valence-corrected chi connectivity index (χ2v) is 6.66. The van der Waals surface area contributed by atoms with Crippen molar-refractivity contribution in [1.29, 1.82) is 0 Å². The lowest BCUT2D eigenvalue weighted by molar-refractivity contribution is 0.0752. The Morgan fingerprint density at radius 3 is 2.58 bits per heavy atom. The summed E-state index contributed by atoms with van der Waals surface area (Å²) in [6.45, 7) is 2.91. The first kappa shape index (κ1) is 20.3. The quantitative estimate of drug-likeness (QED) is 0.457. The lowest BCUT2D eigenvalue weighted by atomic mass is 10.1. The number of carbonyl (C=O) groups is 1. The van der Waals surface area contributed by atoms with E-state index in [0.717, 1.165) is 6.20 Å². The number of halogens is 2. The van der Waals surface area contributed by atoms with Crippen molar-refractivity contribution in [3.63, 3.8) is 0 Å². The van der Waals surface area contributed by atoms with Crippen LogP contribution >= 0.6 is 0 Å². The first-order valence-electron chi connectivity index (χ1n) is 9.66. The smallest absolute Gasteiger partial charge is 0.259 e. The number of hydrogen-bond acceptors (Lipinski definition) is 5. The molecule has 4 aromatic rings. The van der Waals surface area contributed by atoms with Crippen molar-refractivity contribution in [3.8, 4) is 17.1 Å². The second-order valence-electron chi connectivity index (χ2n) is 6.66. The van der Waals surface area contributed by atoms with E-state index in [-0.39, 0.29) is 11.3 Å². The van der Waals surface area contributed by atoms with E-state index in [1.54, 1.807) is 29.1 Å². The van der Waals surface area contributed by atoms with Crippen LogP contribution in [0.15, 0.2) is 61.2 Å². The molecule has 1 aromatic carbocycles. The van der Waals surface area contributed by atoms with Gasteiger partial charge in [0.1, 0.15) is 28.6 Å². The molecule has 10 heteroatoms. The average molecular weight is 423 g/mol. The van der Waals surface area contributed by atoms with Gasteiger partial charge in [0.2, 0.25) is 0 Å². The van der Waals surface area contributed by atoms with Crippen molar-refractivity contribution >= 4 is 5.91 Å². The van der Waals surface area contributed by atoms with Crippen LogP contribution in [0.25, 0.3) is 17.1 Å². The number of likely N-dealkylation sites (N-methyl/N-ethyl adjacent to an activating group) is 1. The summed E-state index contributed by atoms with van der Waals surface area (Å²) in [4.78, 5) is 19.9.